The molecule has 10 heteroatoms. The van der Waals surface area contributed by atoms with Crippen molar-refractivity contribution in [1.29, 1.82) is 0 Å². The Balaban J connectivity index is 1.73. The topological polar surface area (TPSA) is 108 Å². The van der Waals surface area contributed by atoms with Crippen LogP contribution < -0.4 is 5.32 Å². The fourth-order valence-electron chi connectivity index (χ4n) is 1.90. The lowest BCUT2D eigenvalue weighted by Gasteiger charge is -2.05. The molecule has 0 saturated carbocycles. The number of amides is 1. The molecule has 0 spiro atoms. The molecule has 0 fully saturated rings. The van der Waals surface area contributed by atoms with Gasteiger partial charge in [-0.2, -0.15) is 10.2 Å². The summed E-state index contributed by atoms with van der Waals surface area (Å²) in [6.07, 6.45) is 5.55. The molecule has 118 valence electrons. The van der Waals surface area contributed by atoms with Crippen LogP contribution in [0, 0.1) is 17.0 Å². The summed E-state index contributed by atoms with van der Waals surface area (Å²) in [6, 6.07) is 0. The molecule has 2 rings (SSSR count). The molecule has 0 aliphatic carbocycles. The summed E-state index contributed by atoms with van der Waals surface area (Å²) in [5.74, 6) is -0.237. The number of carbonyl (C=O) groups excluding carboxylic acids is 1. The van der Waals surface area contributed by atoms with Crippen LogP contribution in [0.5, 0.6) is 0 Å². The van der Waals surface area contributed by atoms with Crippen LogP contribution in [0.4, 0.5) is 5.69 Å². The Morgan fingerprint density at radius 2 is 2.23 bits per heavy atom. The van der Waals surface area contributed by atoms with Gasteiger partial charge in [-0.05, 0) is 29.3 Å². The zero-order chi connectivity index (χ0) is 16.1. The predicted octanol–water partition coefficient (Wildman–Crippen LogP) is 1.27. The van der Waals surface area contributed by atoms with Crippen LogP contribution in [-0.4, -0.2) is 36.9 Å². The molecular formula is C12H15BrN6O3. The number of nitrogens with one attached hydrogen (secondary N) is 1. The van der Waals surface area contributed by atoms with Crippen molar-refractivity contribution in [3.8, 4) is 0 Å². The smallest absolute Gasteiger partial charge is 0.309 e. The maximum absolute atomic E-state index is 11.7. The summed E-state index contributed by atoms with van der Waals surface area (Å²) in [7, 11) is 0. The number of nitrogens with zero attached hydrogens (tertiary/aromatic N) is 5. The van der Waals surface area contributed by atoms with E-state index in [0.717, 1.165) is 10.9 Å². The molecule has 0 bridgehead atoms. The van der Waals surface area contributed by atoms with Gasteiger partial charge in [0.2, 0.25) is 5.91 Å². The minimum atomic E-state index is -0.515. The van der Waals surface area contributed by atoms with Gasteiger partial charge < -0.3 is 5.32 Å². The SMILES string of the molecule is Cc1nn(CC(=O)NCCCn2cc(Br)cn2)cc1[N+](=O)[O-]. The molecule has 0 atom stereocenters. The molecule has 0 radical (unpaired) electrons. The van der Waals surface area contributed by atoms with Gasteiger partial charge in [-0.3, -0.25) is 24.3 Å². The number of carbonyl (C=O) groups is 1. The first-order valence-corrected chi connectivity index (χ1v) is 7.38. The lowest BCUT2D eigenvalue weighted by molar-refractivity contribution is -0.385. The maximum atomic E-state index is 11.7. The van der Waals surface area contributed by atoms with E-state index in [0.29, 0.717) is 18.8 Å². The van der Waals surface area contributed by atoms with Crippen LogP contribution in [-0.2, 0) is 17.9 Å². The Hall–Kier alpha value is -2.23. The van der Waals surface area contributed by atoms with E-state index in [4.69, 9.17) is 0 Å². The third kappa shape index (κ3) is 4.38. The van der Waals surface area contributed by atoms with Gasteiger partial charge in [-0.15, -0.1) is 0 Å². The van der Waals surface area contributed by atoms with E-state index in [1.807, 2.05) is 6.20 Å². The highest BCUT2D eigenvalue weighted by Crippen LogP contribution is 2.14. The van der Waals surface area contributed by atoms with E-state index < -0.39 is 4.92 Å². The van der Waals surface area contributed by atoms with Gasteiger partial charge in [0.25, 0.3) is 0 Å². The molecule has 22 heavy (non-hydrogen) atoms. The van der Waals surface area contributed by atoms with E-state index in [-0.39, 0.29) is 18.1 Å². The van der Waals surface area contributed by atoms with Crippen LogP contribution in [0.3, 0.4) is 0 Å². The molecule has 2 aromatic rings. The standard InChI is InChI=1S/C12H15BrN6O3/c1-9-11(19(21)22)7-18(16-9)8-12(20)14-3-2-4-17-6-10(13)5-15-17/h5-7H,2-4,8H2,1H3,(H,14,20). The zero-order valence-corrected chi connectivity index (χ0v) is 13.5. The Kier molecular flexibility index (Phi) is 5.26. The van der Waals surface area contributed by atoms with E-state index in [2.05, 4.69) is 31.4 Å². The van der Waals surface area contributed by atoms with Gasteiger partial charge in [0.05, 0.1) is 15.6 Å². The summed E-state index contributed by atoms with van der Waals surface area (Å²) in [4.78, 5) is 21.9. The Bertz CT molecular complexity index is 680. The van der Waals surface area contributed by atoms with Gasteiger partial charge in [0.1, 0.15) is 18.4 Å². The van der Waals surface area contributed by atoms with Gasteiger partial charge in [0.15, 0.2) is 0 Å². The largest absolute Gasteiger partial charge is 0.354 e. The Morgan fingerprint density at radius 3 is 2.82 bits per heavy atom. The predicted molar refractivity (Wildman–Crippen MR) is 81.2 cm³/mol. The van der Waals surface area contributed by atoms with Crippen molar-refractivity contribution in [1.82, 2.24) is 24.9 Å². The first-order valence-electron chi connectivity index (χ1n) is 6.59. The first-order chi connectivity index (χ1) is 10.5. The van der Waals surface area contributed by atoms with E-state index in [9.17, 15) is 14.9 Å². The molecular weight excluding hydrogens is 356 g/mol. The second-order valence-electron chi connectivity index (χ2n) is 4.68. The number of nitro groups is 1. The molecule has 0 saturated heterocycles. The Labute approximate surface area is 134 Å². The lowest BCUT2D eigenvalue weighted by Crippen LogP contribution is -2.29. The molecule has 2 heterocycles. The minimum Gasteiger partial charge on any atom is -0.354 e. The quantitative estimate of drug-likeness (QED) is 0.448. The van der Waals surface area contributed by atoms with E-state index in [1.54, 1.807) is 10.9 Å². The van der Waals surface area contributed by atoms with Crippen molar-refractivity contribution in [2.75, 3.05) is 6.54 Å². The average molecular weight is 371 g/mol. The van der Waals surface area contributed by atoms with Gasteiger partial charge in [0, 0.05) is 19.3 Å². The molecule has 0 aromatic carbocycles. The molecule has 2 aromatic heterocycles. The zero-order valence-electron chi connectivity index (χ0n) is 11.9. The molecule has 1 N–H and O–H groups in total. The minimum absolute atomic E-state index is 0.0397. The van der Waals surface area contributed by atoms with Crippen LogP contribution in [0.2, 0.25) is 0 Å². The highest BCUT2D eigenvalue weighted by atomic mass is 79.9. The van der Waals surface area contributed by atoms with Crippen molar-refractivity contribution in [3.05, 3.63) is 38.9 Å². The summed E-state index contributed by atoms with van der Waals surface area (Å²) < 4.78 is 3.95. The number of aromatic nitrogens is 4. The summed E-state index contributed by atoms with van der Waals surface area (Å²) in [5, 5.41) is 21.5. The molecule has 0 aliphatic rings. The molecule has 0 unspecified atom stereocenters. The van der Waals surface area contributed by atoms with Crippen molar-refractivity contribution in [2.24, 2.45) is 0 Å². The van der Waals surface area contributed by atoms with Crippen LogP contribution in [0.1, 0.15) is 12.1 Å². The molecule has 9 nitrogen and oxygen atoms in total. The second kappa shape index (κ2) is 7.16. The number of hydrogen-bond acceptors (Lipinski definition) is 5. The van der Waals surface area contributed by atoms with Gasteiger partial charge in [-0.1, -0.05) is 0 Å². The average Bonchev–Trinajstić information content (AvgIpc) is 3.01. The highest BCUT2D eigenvalue weighted by molar-refractivity contribution is 9.10. The maximum Gasteiger partial charge on any atom is 0.309 e. The second-order valence-corrected chi connectivity index (χ2v) is 5.60. The highest BCUT2D eigenvalue weighted by Gasteiger charge is 2.16. The van der Waals surface area contributed by atoms with Crippen molar-refractivity contribution < 1.29 is 9.72 Å². The molecule has 1 amide bonds. The van der Waals surface area contributed by atoms with E-state index in [1.165, 1.54) is 17.8 Å². The third-order valence-electron chi connectivity index (χ3n) is 2.91. The van der Waals surface area contributed by atoms with Crippen LogP contribution in [0.25, 0.3) is 0 Å². The normalized spacial score (nSPS) is 10.6. The lowest BCUT2D eigenvalue weighted by atomic mass is 10.4. The first kappa shape index (κ1) is 16.1. The van der Waals surface area contributed by atoms with Gasteiger partial charge >= 0.3 is 5.69 Å². The fraction of sp³-hybridized carbons (Fsp3) is 0.417. The number of rotatable bonds is 7. The fourth-order valence-corrected chi connectivity index (χ4v) is 2.23. The Morgan fingerprint density at radius 1 is 1.45 bits per heavy atom. The van der Waals surface area contributed by atoms with Crippen molar-refractivity contribution in [3.63, 3.8) is 0 Å². The van der Waals surface area contributed by atoms with Crippen molar-refractivity contribution in [2.45, 2.75) is 26.4 Å². The summed E-state index contributed by atoms with van der Waals surface area (Å²) in [5.41, 5.74) is 0.208. The van der Waals surface area contributed by atoms with Crippen LogP contribution >= 0.6 is 15.9 Å². The monoisotopic (exact) mass is 370 g/mol. The van der Waals surface area contributed by atoms with Gasteiger partial charge in [-0.25, -0.2) is 0 Å². The summed E-state index contributed by atoms with van der Waals surface area (Å²) >= 11 is 3.31. The number of hydrogen-bond donors (Lipinski definition) is 1. The van der Waals surface area contributed by atoms with E-state index >= 15 is 0 Å². The number of aryl methyl sites for hydroxylation is 2. The molecule has 0 aliphatic heterocycles. The number of halogens is 1. The summed E-state index contributed by atoms with van der Waals surface area (Å²) in [6.45, 7) is 2.69. The van der Waals surface area contributed by atoms with Crippen molar-refractivity contribution >= 4 is 27.5 Å². The van der Waals surface area contributed by atoms with Crippen LogP contribution in [0.15, 0.2) is 23.1 Å². The third-order valence-corrected chi connectivity index (χ3v) is 3.32.